The van der Waals surface area contributed by atoms with Crippen molar-refractivity contribution in [2.24, 2.45) is 5.73 Å². The highest BCUT2D eigenvalue weighted by Gasteiger charge is 2.11. The van der Waals surface area contributed by atoms with E-state index >= 15 is 0 Å². The third-order valence-electron chi connectivity index (χ3n) is 2.46. The molecule has 2 rings (SSSR count). The van der Waals surface area contributed by atoms with Crippen molar-refractivity contribution in [3.63, 3.8) is 0 Å². The number of nitrogens with one attached hydrogen (secondary N) is 1. The summed E-state index contributed by atoms with van der Waals surface area (Å²) in [6.07, 6.45) is 0.235. The summed E-state index contributed by atoms with van der Waals surface area (Å²) in [6.45, 7) is 0.152. The lowest BCUT2D eigenvalue weighted by molar-refractivity contribution is 0.0894. The molecule has 1 heterocycles. The molecular weight excluding hydrogens is 218 g/mol. The Hall–Kier alpha value is -2.14. The normalized spacial score (nSPS) is 10.4. The lowest BCUT2D eigenvalue weighted by Gasteiger charge is -2.05. The molecule has 0 aliphatic rings. The number of carbonyl (C=O) groups excluding carboxylic acids is 1. The monoisotopic (exact) mass is 231 g/mol. The van der Waals surface area contributed by atoms with Crippen molar-refractivity contribution in [2.45, 2.75) is 13.0 Å². The van der Waals surface area contributed by atoms with Crippen LogP contribution < -0.4 is 11.3 Å². The number of aromatic amines is 1. The molecule has 17 heavy (non-hydrogen) atoms. The number of aromatic nitrogens is 2. The van der Waals surface area contributed by atoms with Crippen LogP contribution in [-0.2, 0) is 13.0 Å². The highest BCUT2D eigenvalue weighted by Crippen LogP contribution is 2.03. The highest BCUT2D eigenvalue weighted by molar-refractivity contribution is 5.81. The molecule has 1 aromatic carbocycles. The third-order valence-corrected chi connectivity index (χ3v) is 2.46. The van der Waals surface area contributed by atoms with E-state index in [0.717, 1.165) is 5.56 Å². The number of rotatable bonds is 3. The minimum atomic E-state index is -0.313. The van der Waals surface area contributed by atoms with Gasteiger partial charge in [0, 0.05) is 12.6 Å². The molecule has 88 valence electrons. The Morgan fingerprint density at radius 1 is 1.29 bits per heavy atom. The minimum absolute atomic E-state index is 0.152. The first-order valence-corrected chi connectivity index (χ1v) is 5.29. The molecule has 0 bridgehead atoms. The first kappa shape index (κ1) is 11.3. The van der Waals surface area contributed by atoms with Crippen molar-refractivity contribution in [1.29, 1.82) is 0 Å². The molecule has 3 N–H and O–H groups in total. The van der Waals surface area contributed by atoms with Gasteiger partial charge in [0.15, 0.2) is 0 Å². The first-order valence-electron chi connectivity index (χ1n) is 5.29. The van der Waals surface area contributed by atoms with Gasteiger partial charge in [0.1, 0.15) is 0 Å². The van der Waals surface area contributed by atoms with Crippen LogP contribution in [0, 0.1) is 0 Å². The zero-order valence-electron chi connectivity index (χ0n) is 9.22. The van der Waals surface area contributed by atoms with Gasteiger partial charge in [-0.05, 0) is 5.56 Å². The molecule has 0 spiro atoms. The Labute approximate surface area is 97.9 Å². The maximum Gasteiger partial charge on any atom is 0.264 e. The maximum absolute atomic E-state index is 11.9. The van der Waals surface area contributed by atoms with E-state index < -0.39 is 0 Å². The molecule has 0 unspecified atom stereocenters. The van der Waals surface area contributed by atoms with E-state index in [1.165, 1.54) is 10.7 Å². The average molecular weight is 231 g/mol. The van der Waals surface area contributed by atoms with Gasteiger partial charge in [-0.1, -0.05) is 30.3 Å². The molecular formula is C12H13N3O2. The first-order chi connectivity index (χ1) is 8.20. The summed E-state index contributed by atoms with van der Waals surface area (Å²) in [7, 11) is 0. The number of hydrogen-bond acceptors (Lipinski definition) is 3. The van der Waals surface area contributed by atoms with Gasteiger partial charge in [0.05, 0.1) is 12.1 Å². The summed E-state index contributed by atoms with van der Waals surface area (Å²) in [5.74, 6) is -0.196. The highest BCUT2D eigenvalue weighted by atomic mass is 16.2. The predicted octanol–water partition coefficient (Wildman–Crippen LogP) is 0.518. The number of hydrogen-bond donors (Lipinski definition) is 2. The van der Waals surface area contributed by atoms with E-state index in [-0.39, 0.29) is 24.4 Å². The van der Waals surface area contributed by atoms with Gasteiger partial charge in [-0.15, -0.1) is 0 Å². The van der Waals surface area contributed by atoms with Crippen LogP contribution in [0.15, 0.2) is 41.2 Å². The maximum atomic E-state index is 11.9. The topological polar surface area (TPSA) is 80.9 Å². The SMILES string of the molecule is NCc1cc(=O)[nH]n1C(=O)Cc1ccccc1. The van der Waals surface area contributed by atoms with Crippen LogP contribution in [-0.4, -0.2) is 15.7 Å². The Balaban J connectivity index is 2.23. The zero-order chi connectivity index (χ0) is 12.3. The predicted molar refractivity (Wildman–Crippen MR) is 63.7 cm³/mol. The fraction of sp³-hybridized carbons (Fsp3) is 0.167. The number of carbonyl (C=O) groups is 1. The van der Waals surface area contributed by atoms with Crippen molar-refractivity contribution in [1.82, 2.24) is 9.78 Å². The van der Waals surface area contributed by atoms with Crippen molar-refractivity contribution >= 4 is 5.91 Å². The number of H-pyrrole nitrogens is 1. The Bertz CT molecular complexity index is 569. The van der Waals surface area contributed by atoms with Crippen LogP contribution in [0.5, 0.6) is 0 Å². The van der Waals surface area contributed by atoms with Crippen molar-refractivity contribution in [3.05, 3.63) is 58.0 Å². The summed E-state index contributed by atoms with van der Waals surface area (Å²) in [5.41, 5.74) is 6.54. The van der Waals surface area contributed by atoms with Crippen LogP contribution in [0.4, 0.5) is 0 Å². The van der Waals surface area contributed by atoms with Gasteiger partial charge in [-0.2, -0.15) is 0 Å². The largest absolute Gasteiger partial charge is 0.325 e. The summed E-state index contributed by atoms with van der Waals surface area (Å²) < 4.78 is 1.22. The molecule has 0 amide bonds. The fourth-order valence-electron chi connectivity index (χ4n) is 1.65. The van der Waals surface area contributed by atoms with Crippen LogP contribution in [0.1, 0.15) is 16.1 Å². The van der Waals surface area contributed by atoms with E-state index in [4.69, 9.17) is 5.73 Å². The second kappa shape index (κ2) is 4.80. The van der Waals surface area contributed by atoms with Crippen LogP contribution in [0.2, 0.25) is 0 Å². The van der Waals surface area contributed by atoms with Crippen LogP contribution in [0.3, 0.4) is 0 Å². The number of benzene rings is 1. The quantitative estimate of drug-likeness (QED) is 0.808. The molecule has 0 saturated carbocycles. The van der Waals surface area contributed by atoms with Crippen molar-refractivity contribution in [2.75, 3.05) is 0 Å². The van der Waals surface area contributed by atoms with Crippen LogP contribution in [0.25, 0.3) is 0 Å². The molecule has 0 saturated heterocycles. The van der Waals surface area contributed by atoms with Gasteiger partial charge < -0.3 is 5.73 Å². The van der Waals surface area contributed by atoms with Crippen molar-refractivity contribution in [3.8, 4) is 0 Å². The van der Waals surface area contributed by atoms with E-state index in [0.29, 0.717) is 5.69 Å². The van der Waals surface area contributed by atoms with E-state index in [9.17, 15) is 9.59 Å². The van der Waals surface area contributed by atoms with Gasteiger partial charge in [-0.3, -0.25) is 14.7 Å². The smallest absolute Gasteiger partial charge is 0.264 e. The minimum Gasteiger partial charge on any atom is -0.325 e. The lowest BCUT2D eigenvalue weighted by Crippen LogP contribution is -2.20. The van der Waals surface area contributed by atoms with E-state index in [2.05, 4.69) is 5.10 Å². The van der Waals surface area contributed by atoms with Gasteiger partial charge in [0.2, 0.25) is 5.91 Å². The molecule has 0 aliphatic heterocycles. The molecule has 0 radical (unpaired) electrons. The Morgan fingerprint density at radius 3 is 2.65 bits per heavy atom. The van der Waals surface area contributed by atoms with Crippen LogP contribution >= 0.6 is 0 Å². The second-order valence-electron chi connectivity index (χ2n) is 3.71. The van der Waals surface area contributed by atoms with Gasteiger partial charge in [0.25, 0.3) is 5.56 Å². The van der Waals surface area contributed by atoms with Gasteiger partial charge >= 0.3 is 0 Å². The second-order valence-corrected chi connectivity index (χ2v) is 3.71. The molecule has 2 aromatic rings. The van der Waals surface area contributed by atoms with E-state index in [1.807, 2.05) is 30.3 Å². The molecule has 0 aliphatic carbocycles. The van der Waals surface area contributed by atoms with Crippen molar-refractivity contribution < 1.29 is 4.79 Å². The van der Waals surface area contributed by atoms with Gasteiger partial charge in [-0.25, -0.2) is 4.68 Å². The summed E-state index contributed by atoms with van der Waals surface area (Å²) >= 11 is 0. The summed E-state index contributed by atoms with van der Waals surface area (Å²) in [4.78, 5) is 23.1. The fourth-order valence-corrected chi connectivity index (χ4v) is 1.65. The lowest BCUT2D eigenvalue weighted by atomic mass is 10.1. The number of nitrogens with zero attached hydrogens (tertiary/aromatic N) is 1. The molecule has 5 heteroatoms. The standard InChI is InChI=1S/C12H13N3O2/c13-8-10-7-11(16)14-15(10)12(17)6-9-4-2-1-3-5-9/h1-5,7H,6,8,13H2,(H,14,16). The number of nitrogens with two attached hydrogens (primary N) is 1. The third kappa shape index (κ3) is 2.51. The molecule has 1 aromatic heterocycles. The van der Waals surface area contributed by atoms with E-state index in [1.54, 1.807) is 0 Å². The Morgan fingerprint density at radius 2 is 2.00 bits per heavy atom. The molecule has 0 fully saturated rings. The summed E-state index contributed by atoms with van der Waals surface area (Å²) in [6, 6.07) is 10.7. The zero-order valence-corrected chi connectivity index (χ0v) is 9.22. The summed E-state index contributed by atoms with van der Waals surface area (Å²) in [5, 5.41) is 2.45. The average Bonchev–Trinajstić information content (AvgIpc) is 2.72. The molecule has 0 atom stereocenters. The Kier molecular flexibility index (Phi) is 3.20. The molecule has 5 nitrogen and oxygen atoms in total.